The van der Waals surface area contributed by atoms with E-state index in [9.17, 15) is 0 Å². The number of hydrogen-bond acceptors (Lipinski definition) is 3. The monoisotopic (exact) mass is 194 g/mol. The normalized spacial score (nSPS) is 17.1. The Hall–Kier alpha value is -0.510. The molecule has 0 unspecified atom stereocenters. The second-order valence-electron chi connectivity index (χ2n) is 3.54. The van der Waals surface area contributed by atoms with Crippen molar-refractivity contribution in [3.63, 3.8) is 0 Å². The van der Waals surface area contributed by atoms with E-state index >= 15 is 0 Å². The topological polar surface area (TPSA) is 29.3 Å². The Morgan fingerprint density at radius 1 is 1.38 bits per heavy atom. The van der Waals surface area contributed by atoms with Gasteiger partial charge in [-0.3, -0.25) is 5.14 Å². The van der Waals surface area contributed by atoms with Crippen LogP contribution in [0.1, 0.15) is 11.1 Å². The van der Waals surface area contributed by atoms with E-state index in [1.807, 2.05) is 0 Å². The van der Waals surface area contributed by atoms with Crippen LogP contribution in [0.4, 0.5) is 0 Å². The van der Waals surface area contributed by atoms with Crippen LogP contribution in [-0.2, 0) is 13.0 Å². The molecule has 0 aliphatic carbocycles. The Morgan fingerprint density at radius 3 is 3.00 bits per heavy atom. The largest absolute Gasteiger partial charge is 0.302 e. The highest BCUT2D eigenvalue weighted by Gasteiger charge is 2.12. The van der Waals surface area contributed by atoms with Gasteiger partial charge in [-0.15, -0.1) is 0 Å². The smallest absolute Gasteiger partial charge is 0.0233 e. The van der Waals surface area contributed by atoms with Gasteiger partial charge in [0.15, 0.2) is 0 Å². The van der Waals surface area contributed by atoms with Gasteiger partial charge in [-0.05, 0) is 48.7 Å². The van der Waals surface area contributed by atoms with Crippen LogP contribution in [0.5, 0.6) is 0 Å². The summed E-state index contributed by atoms with van der Waals surface area (Å²) in [6.45, 7) is 2.23. The zero-order valence-electron chi connectivity index (χ0n) is 7.79. The van der Waals surface area contributed by atoms with E-state index in [1.54, 1.807) is 0 Å². The van der Waals surface area contributed by atoms with Crippen LogP contribution in [0.2, 0.25) is 0 Å². The molecule has 0 radical (unpaired) electrons. The molecule has 1 heterocycles. The molecule has 2 N–H and O–H groups in total. The highest BCUT2D eigenvalue weighted by Crippen LogP contribution is 2.22. The summed E-state index contributed by atoms with van der Waals surface area (Å²) < 4.78 is 0. The summed E-state index contributed by atoms with van der Waals surface area (Å²) in [7, 11) is 2.16. The molecule has 0 bridgehead atoms. The Morgan fingerprint density at radius 2 is 2.23 bits per heavy atom. The average Bonchev–Trinajstić information content (AvgIpc) is 2.16. The minimum Gasteiger partial charge on any atom is -0.302 e. The molecule has 13 heavy (non-hydrogen) atoms. The van der Waals surface area contributed by atoms with Gasteiger partial charge in [0.25, 0.3) is 0 Å². The van der Waals surface area contributed by atoms with Crippen molar-refractivity contribution in [2.75, 3.05) is 13.6 Å². The lowest BCUT2D eigenvalue weighted by Gasteiger charge is -2.25. The zero-order valence-corrected chi connectivity index (χ0v) is 8.60. The highest BCUT2D eigenvalue weighted by atomic mass is 32.2. The van der Waals surface area contributed by atoms with Crippen molar-refractivity contribution in [2.24, 2.45) is 5.14 Å². The maximum absolute atomic E-state index is 5.52. The quantitative estimate of drug-likeness (QED) is 0.689. The molecule has 0 atom stereocenters. The van der Waals surface area contributed by atoms with E-state index in [2.05, 4.69) is 30.1 Å². The molecule has 0 aromatic heterocycles. The Bertz CT molecular complexity index is 312. The van der Waals surface area contributed by atoms with Crippen LogP contribution in [-0.4, -0.2) is 18.5 Å². The molecule has 2 nitrogen and oxygen atoms in total. The molecule has 1 aliphatic heterocycles. The van der Waals surface area contributed by atoms with Crippen LogP contribution in [0.15, 0.2) is 23.1 Å². The third kappa shape index (κ3) is 1.88. The van der Waals surface area contributed by atoms with Gasteiger partial charge in [-0.2, -0.15) is 0 Å². The summed E-state index contributed by atoms with van der Waals surface area (Å²) >= 11 is 1.32. The number of fused-ring (bicyclic) bond motifs is 1. The fourth-order valence-corrected chi connectivity index (χ4v) is 2.10. The fourth-order valence-electron chi connectivity index (χ4n) is 1.75. The van der Waals surface area contributed by atoms with Gasteiger partial charge in [-0.25, -0.2) is 0 Å². The van der Waals surface area contributed by atoms with Gasteiger partial charge in [0.05, 0.1) is 0 Å². The predicted molar refractivity (Wildman–Crippen MR) is 56.5 cm³/mol. The molecule has 1 aromatic rings. The fraction of sp³-hybridized carbons (Fsp3) is 0.400. The summed E-state index contributed by atoms with van der Waals surface area (Å²) in [6.07, 6.45) is 1.17. The van der Waals surface area contributed by atoms with Crippen LogP contribution < -0.4 is 5.14 Å². The summed E-state index contributed by atoms with van der Waals surface area (Å²) in [5.41, 5.74) is 2.92. The summed E-state index contributed by atoms with van der Waals surface area (Å²) in [5.74, 6) is 0. The first-order chi connectivity index (χ1) is 6.29. The minimum absolute atomic E-state index is 1.06. The van der Waals surface area contributed by atoms with Gasteiger partial charge < -0.3 is 4.90 Å². The average molecular weight is 194 g/mol. The molecular formula is C10H14N2S. The van der Waals surface area contributed by atoms with Crippen LogP contribution in [0.25, 0.3) is 0 Å². The van der Waals surface area contributed by atoms with E-state index < -0.39 is 0 Å². The third-order valence-electron chi connectivity index (χ3n) is 2.52. The van der Waals surface area contributed by atoms with Gasteiger partial charge in [0.1, 0.15) is 0 Å². The molecule has 2 rings (SSSR count). The Labute approximate surface area is 83.2 Å². The summed E-state index contributed by atoms with van der Waals surface area (Å²) in [4.78, 5) is 3.50. The maximum atomic E-state index is 5.52. The van der Waals surface area contributed by atoms with E-state index in [1.165, 1.54) is 36.0 Å². The SMILES string of the molecule is CN1CCc2ccc(SN)cc2C1. The summed E-state index contributed by atoms with van der Waals surface area (Å²) in [5, 5.41) is 5.52. The number of benzene rings is 1. The van der Waals surface area contributed by atoms with Gasteiger partial charge >= 0.3 is 0 Å². The van der Waals surface area contributed by atoms with Crippen molar-refractivity contribution in [3.8, 4) is 0 Å². The molecule has 0 fully saturated rings. The lowest BCUT2D eigenvalue weighted by molar-refractivity contribution is 0.312. The van der Waals surface area contributed by atoms with E-state index in [0.29, 0.717) is 0 Å². The van der Waals surface area contributed by atoms with Crippen molar-refractivity contribution in [1.82, 2.24) is 4.90 Å². The standard InChI is InChI=1S/C10H14N2S/c1-12-5-4-8-2-3-10(13-11)6-9(8)7-12/h2-3,6H,4-5,7,11H2,1H3. The molecule has 0 saturated carbocycles. The second kappa shape index (κ2) is 3.70. The van der Waals surface area contributed by atoms with Crippen LogP contribution in [0, 0.1) is 0 Å². The number of hydrogen-bond donors (Lipinski definition) is 1. The molecule has 1 aliphatic rings. The highest BCUT2D eigenvalue weighted by molar-refractivity contribution is 7.97. The van der Waals surface area contributed by atoms with Gasteiger partial charge in [-0.1, -0.05) is 6.07 Å². The second-order valence-corrected chi connectivity index (χ2v) is 4.24. The molecule has 70 valence electrons. The Balaban J connectivity index is 2.32. The molecule has 0 saturated heterocycles. The third-order valence-corrected chi connectivity index (χ3v) is 3.04. The molecule has 0 spiro atoms. The molecular weight excluding hydrogens is 180 g/mol. The number of likely N-dealkylation sites (N-methyl/N-ethyl adjacent to an activating group) is 1. The van der Waals surface area contributed by atoms with Crippen molar-refractivity contribution in [3.05, 3.63) is 29.3 Å². The van der Waals surface area contributed by atoms with Crippen LogP contribution >= 0.6 is 11.9 Å². The van der Waals surface area contributed by atoms with Gasteiger partial charge in [0.2, 0.25) is 0 Å². The number of nitrogens with two attached hydrogens (primary N) is 1. The zero-order chi connectivity index (χ0) is 9.26. The molecule has 3 heteroatoms. The molecule has 0 amide bonds. The van der Waals surface area contributed by atoms with Gasteiger partial charge in [0, 0.05) is 18.0 Å². The Kier molecular flexibility index (Phi) is 2.58. The van der Waals surface area contributed by atoms with Crippen molar-refractivity contribution in [2.45, 2.75) is 17.9 Å². The van der Waals surface area contributed by atoms with Crippen molar-refractivity contribution < 1.29 is 0 Å². The first-order valence-corrected chi connectivity index (χ1v) is 5.34. The van der Waals surface area contributed by atoms with E-state index in [-0.39, 0.29) is 0 Å². The summed E-state index contributed by atoms with van der Waals surface area (Å²) in [6, 6.07) is 6.52. The predicted octanol–water partition coefficient (Wildman–Crippen LogP) is 1.64. The minimum atomic E-state index is 1.06. The lowest BCUT2D eigenvalue weighted by atomic mass is 10.0. The van der Waals surface area contributed by atoms with Crippen molar-refractivity contribution >= 4 is 11.9 Å². The maximum Gasteiger partial charge on any atom is 0.0233 e. The van der Waals surface area contributed by atoms with Crippen molar-refractivity contribution in [1.29, 1.82) is 0 Å². The van der Waals surface area contributed by atoms with E-state index in [0.717, 1.165) is 11.4 Å². The van der Waals surface area contributed by atoms with Crippen LogP contribution in [0.3, 0.4) is 0 Å². The van der Waals surface area contributed by atoms with E-state index in [4.69, 9.17) is 5.14 Å². The first kappa shape index (κ1) is 9.06. The molecule has 1 aromatic carbocycles. The lowest BCUT2D eigenvalue weighted by Crippen LogP contribution is -2.26. The number of rotatable bonds is 1. The first-order valence-electron chi connectivity index (χ1n) is 4.46. The number of nitrogens with zero attached hydrogens (tertiary/aromatic N) is 1.